The number of fused-ring (bicyclic) bond motifs is 1. The molecule has 1 saturated heterocycles. The molecular weight excluding hydrogens is 469 g/mol. The molecule has 0 saturated carbocycles. The molecule has 0 spiro atoms. The van der Waals surface area contributed by atoms with Gasteiger partial charge in [0.2, 0.25) is 0 Å². The molecule has 0 bridgehead atoms. The fourth-order valence-corrected chi connectivity index (χ4v) is 8.71. The first-order valence-electron chi connectivity index (χ1n) is 12.8. The van der Waals surface area contributed by atoms with Crippen molar-refractivity contribution in [3.8, 4) is 5.75 Å². The molecule has 0 amide bonds. The number of hydrogen-bond acceptors (Lipinski definition) is 2. The van der Waals surface area contributed by atoms with Crippen molar-refractivity contribution in [2.24, 2.45) is 4.99 Å². The highest BCUT2D eigenvalue weighted by Crippen LogP contribution is 2.60. The number of benzene rings is 5. The van der Waals surface area contributed by atoms with E-state index in [9.17, 15) is 5.11 Å². The molecule has 5 aromatic carbocycles. The summed E-state index contributed by atoms with van der Waals surface area (Å²) in [6.07, 6.45) is 1.92. The largest absolute Gasteiger partial charge is 0.507 e. The second-order valence-electron chi connectivity index (χ2n) is 9.92. The van der Waals surface area contributed by atoms with Gasteiger partial charge < -0.3 is 5.11 Å². The van der Waals surface area contributed by atoms with Crippen LogP contribution in [-0.4, -0.2) is 16.7 Å². The first kappa shape index (κ1) is 23.6. The Labute approximate surface area is 220 Å². The monoisotopic (exact) mass is 499 g/mol. The van der Waals surface area contributed by atoms with E-state index in [1.54, 1.807) is 0 Å². The van der Waals surface area contributed by atoms with E-state index in [4.69, 9.17) is 4.99 Å². The predicted octanol–water partition coefficient (Wildman–Crippen LogP) is 8.39. The summed E-state index contributed by atoms with van der Waals surface area (Å²) in [5.74, 6) is 0.380. The van der Waals surface area contributed by atoms with Crippen LogP contribution in [0.15, 0.2) is 120 Å². The van der Waals surface area contributed by atoms with Gasteiger partial charge in [0.05, 0.1) is 16.6 Å². The second-order valence-corrected chi connectivity index (χ2v) is 12.2. The van der Waals surface area contributed by atoms with Crippen LogP contribution in [-0.2, 0) is 5.41 Å². The van der Waals surface area contributed by atoms with Crippen molar-refractivity contribution < 1.29 is 5.11 Å². The Hall–Kier alpha value is -3.74. The molecule has 182 valence electrons. The Morgan fingerprint density at radius 3 is 2.22 bits per heavy atom. The minimum atomic E-state index is -0.711. The lowest BCUT2D eigenvalue weighted by molar-refractivity contribution is 0.454. The first-order chi connectivity index (χ1) is 18.1. The molecular formula is C34H30NOP. The van der Waals surface area contributed by atoms with Gasteiger partial charge >= 0.3 is 0 Å². The van der Waals surface area contributed by atoms with Gasteiger partial charge in [-0.1, -0.05) is 115 Å². The molecule has 0 radical (unpaired) electrons. The summed E-state index contributed by atoms with van der Waals surface area (Å²) >= 11 is 0. The molecule has 37 heavy (non-hydrogen) atoms. The first-order valence-corrected chi connectivity index (χ1v) is 14.4. The molecule has 6 rings (SSSR count). The van der Waals surface area contributed by atoms with Crippen LogP contribution in [0.3, 0.4) is 0 Å². The maximum atomic E-state index is 11.6. The van der Waals surface area contributed by atoms with Crippen LogP contribution < -0.4 is 5.30 Å². The number of phenols is 1. The fourth-order valence-electron chi connectivity index (χ4n) is 5.85. The van der Waals surface area contributed by atoms with E-state index >= 15 is 0 Å². The molecule has 0 aliphatic carbocycles. The number of hydrogen-bond donors (Lipinski definition) is 1. The molecule has 1 fully saturated rings. The van der Waals surface area contributed by atoms with Gasteiger partial charge in [0.1, 0.15) is 5.75 Å². The Morgan fingerprint density at radius 1 is 0.757 bits per heavy atom. The quantitative estimate of drug-likeness (QED) is 0.248. The maximum Gasteiger partial charge on any atom is 0.123 e. The molecule has 1 N–H and O–H groups in total. The molecule has 1 aliphatic heterocycles. The van der Waals surface area contributed by atoms with Crippen molar-refractivity contribution in [3.05, 3.63) is 138 Å². The molecule has 2 atom stereocenters. The number of aliphatic imine (C=N–C) groups is 1. The third kappa shape index (κ3) is 4.06. The van der Waals surface area contributed by atoms with Gasteiger partial charge in [0, 0.05) is 10.9 Å². The lowest BCUT2D eigenvalue weighted by Crippen LogP contribution is -2.33. The van der Waals surface area contributed by atoms with Crippen LogP contribution in [0.5, 0.6) is 5.75 Å². The number of nitrogens with zero attached hydrogens (tertiary/aromatic N) is 1. The Bertz CT molecular complexity index is 1600. The van der Waals surface area contributed by atoms with Crippen molar-refractivity contribution in [1.82, 2.24) is 0 Å². The van der Waals surface area contributed by atoms with E-state index in [0.717, 1.165) is 45.8 Å². The second kappa shape index (κ2) is 9.61. The lowest BCUT2D eigenvalue weighted by atomic mass is 9.72. The summed E-state index contributed by atoms with van der Waals surface area (Å²) in [5.41, 5.74) is 5.86. The third-order valence-electron chi connectivity index (χ3n) is 7.58. The summed E-state index contributed by atoms with van der Waals surface area (Å²) in [6.45, 7) is 4.12. The van der Waals surface area contributed by atoms with E-state index in [0.29, 0.717) is 5.75 Å². The van der Waals surface area contributed by atoms with Gasteiger partial charge in [-0.2, -0.15) is 0 Å². The van der Waals surface area contributed by atoms with E-state index in [-0.39, 0.29) is 0 Å². The fraction of sp³-hybridized carbons (Fsp3) is 0.147. The summed E-state index contributed by atoms with van der Waals surface area (Å²) < 4.78 is 0. The highest BCUT2D eigenvalue weighted by molar-refractivity contribution is 7.82. The van der Waals surface area contributed by atoms with E-state index in [2.05, 4.69) is 122 Å². The van der Waals surface area contributed by atoms with Crippen molar-refractivity contribution in [2.75, 3.05) is 6.16 Å². The smallest absolute Gasteiger partial charge is 0.123 e. The molecule has 3 heteroatoms. The number of aromatic hydroxyl groups is 1. The van der Waals surface area contributed by atoms with E-state index in [1.807, 2.05) is 6.92 Å². The number of aryl methyl sites for hydroxylation is 2. The van der Waals surface area contributed by atoms with Gasteiger partial charge in [0.15, 0.2) is 0 Å². The lowest BCUT2D eigenvalue weighted by Gasteiger charge is -2.34. The minimum absolute atomic E-state index is 0.380. The van der Waals surface area contributed by atoms with Gasteiger partial charge in [-0.3, -0.25) is 4.99 Å². The van der Waals surface area contributed by atoms with E-state index < -0.39 is 13.3 Å². The highest BCUT2D eigenvalue weighted by Gasteiger charge is 2.50. The molecule has 0 aromatic heterocycles. The van der Waals surface area contributed by atoms with Crippen LogP contribution in [0.4, 0.5) is 5.69 Å². The highest BCUT2D eigenvalue weighted by atomic mass is 31.1. The maximum absolute atomic E-state index is 11.6. The van der Waals surface area contributed by atoms with Crippen LogP contribution in [0.1, 0.15) is 28.7 Å². The molecule has 1 aliphatic rings. The van der Waals surface area contributed by atoms with Gasteiger partial charge in [-0.05, 0) is 62.2 Å². The van der Waals surface area contributed by atoms with Crippen LogP contribution in [0.25, 0.3) is 10.8 Å². The molecule has 5 aromatic rings. The standard InChI is InChI=1S/C34H30NOP/c1-24-22-25(2)32(36)30(23-24)34(27-14-5-3-6-15-27)20-21-37(28-16-7-4-8-17-28)33(34)35-31-19-11-13-26-12-9-10-18-29(26)31/h3-19,22-23,36H,20-21H2,1-2H3. The number of rotatable bonds is 4. The average Bonchev–Trinajstić information content (AvgIpc) is 3.31. The third-order valence-corrected chi connectivity index (χ3v) is 10.2. The van der Waals surface area contributed by atoms with Crippen molar-refractivity contribution in [1.29, 1.82) is 0 Å². The van der Waals surface area contributed by atoms with Crippen LogP contribution in [0.2, 0.25) is 0 Å². The average molecular weight is 500 g/mol. The summed E-state index contributed by atoms with van der Waals surface area (Å²) in [7, 11) is -0.711. The van der Waals surface area contributed by atoms with Gasteiger partial charge in [-0.15, -0.1) is 0 Å². The predicted molar refractivity (Wildman–Crippen MR) is 158 cm³/mol. The Kier molecular flexibility index (Phi) is 6.14. The zero-order chi connectivity index (χ0) is 25.4. The van der Waals surface area contributed by atoms with Crippen molar-refractivity contribution >= 4 is 35.1 Å². The van der Waals surface area contributed by atoms with Crippen molar-refractivity contribution in [3.63, 3.8) is 0 Å². The Balaban J connectivity index is 1.70. The summed E-state index contributed by atoms with van der Waals surface area (Å²) in [5, 5.41) is 15.2. The SMILES string of the molecule is Cc1cc(C)c(O)c(C2(c3ccccc3)CCP(c3ccccc3)C2=Nc2cccc3ccccc23)c1. The van der Waals surface area contributed by atoms with Gasteiger partial charge in [-0.25, -0.2) is 0 Å². The minimum Gasteiger partial charge on any atom is -0.507 e. The van der Waals surface area contributed by atoms with Crippen LogP contribution in [0, 0.1) is 13.8 Å². The number of phenolic OH excluding ortho intramolecular Hbond substituents is 1. The molecule has 2 nitrogen and oxygen atoms in total. The zero-order valence-corrected chi connectivity index (χ0v) is 22.1. The summed E-state index contributed by atoms with van der Waals surface area (Å²) in [4.78, 5) is 5.59. The van der Waals surface area contributed by atoms with Crippen LogP contribution >= 0.6 is 7.92 Å². The molecule has 2 unspecified atom stereocenters. The summed E-state index contributed by atoms with van der Waals surface area (Å²) in [6, 6.07) is 40.6. The normalized spacial score (nSPS) is 20.5. The topological polar surface area (TPSA) is 32.6 Å². The van der Waals surface area contributed by atoms with E-state index in [1.165, 1.54) is 16.3 Å². The van der Waals surface area contributed by atoms with Crippen molar-refractivity contribution in [2.45, 2.75) is 25.7 Å². The molecule has 1 heterocycles. The zero-order valence-electron chi connectivity index (χ0n) is 21.2. The Morgan fingerprint density at radius 2 is 1.43 bits per heavy atom. The van der Waals surface area contributed by atoms with Gasteiger partial charge in [0.25, 0.3) is 0 Å².